The highest BCUT2D eigenvalue weighted by Gasteiger charge is 2.27. The largest absolute Gasteiger partial charge is 0.339 e. The molecule has 9 heteroatoms. The second-order valence-electron chi connectivity index (χ2n) is 7.38. The number of halogens is 2. The molecule has 3 aromatic rings. The monoisotopic (exact) mass is 442 g/mol. The van der Waals surface area contributed by atoms with Gasteiger partial charge < -0.3 is 10.2 Å². The molecule has 4 rings (SSSR count). The molecular formula is C22H20F2N4O2S. The molecule has 6 nitrogen and oxygen atoms in total. The van der Waals surface area contributed by atoms with Gasteiger partial charge in [-0.3, -0.25) is 9.59 Å². The van der Waals surface area contributed by atoms with Crippen molar-refractivity contribution in [2.75, 3.05) is 19.4 Å². The highest BCUT2D eigenvalue weighted by Crippen LogP contribution is 2.29. The first-order chi connectivity index (χ1) is 14.8. The summed E-state index contributed by atoms with van der Waals surface area (Å²) < 4.78 is 28.5. The number of fused-ring (bicyclic) bond motifs is 1. The zero-order valence-electron chi connectivity index (χ0n) is 17.0. The maximum absolute atomic E-state index is 13.7. The molecule has 1 N–H and O–H groups in total. The van der Waals surface area contributed by atoms with E-state index in [2.05, 4.69) is 10.4 Å². The van der Waals surface area contributed by atoms with Gasteiger partial charge >= 0.3 is 0 Å². The van der Waals surface area contributed by atoms with Gasteiger partial charge in [0.1, 0.15) is 0 Å². The highest BCUT2D eigenvalue weighted by atomic mass is 32.2. The van der Waals surface area contributed by atoms with E-state index in [1.165, 1.54) is 15.6 Å². The molecule has 2 amide bonds. The second kappa shape index (κ2) is 8.50. The SMILES string of the molecule is CN(C)C(=O)Sc1ccc(NC(=O)c2nn(-c3ccc(F)c(F)c3)c3c2CCC3)cc1. The van der Waals surface area contributed by atoms with Crippen LogP contribution in [0.5, 0.6) is 0 Å². The fourth-order valence-corrected chi connectivity index (χ4v) is 4.10. The van der Waals surface area contributed by atoms with Crippen LogP contribution < -0.4 is 5.32 Å². The second-order valence-corrected chi connectivity index (χ2v) is 8.40. The summed E-state index contributed by atoms with van der Waals surface area (Å²) in [7, 11) is 3.36. The summed E-state index contributed by atoms with van der Waals surface area (Å²) in [4.78, 5) is 27.0. The molecule has 0 aliphatic heterocycles. The molecule has 31 heavy (non-hydrogen) atoms. The minimum absolute atomic E-state index is 0.0879. The Morgan fingerprint density at radius 1 is 1.06 bits per heavy atom. The predicted molar refractivity (Wildman–Crippen MR) is 115 cm³/mol. The summed E-state index contributed by atoms with van der Waals surface area (Å²) in [6, 6.07) is 10.5. The number of amides is 2. The van der Waals surface area contributed by atoms with Crippen LogP contribution in [0.1, 0.15) is 28.2 Å². The standard InChI is InChI=1S/C22H20F2N4O2S/c1-27(2)22(30)31-15-9-6-13(7-10-15)25-21(29)20-16-4-3-5-19(16)28(26-20)14-8-11-17(23)18(24)12-14/h6-12H,3-5H2,1-2H3,(H,25,29). The molecule has 0 saturated heterocycles. The van der Waals surface area contributed by atoms with Crippen molar-refractivity contribution in [1.29, 1.82) is 0 Å². The molecular weight excluding hydrogens is 422 g/mol. The Balaban J connectivity index is 1.55. The number of thioether (sulfide) groups is 1. The number of hydrogen-bond acceptors (Lipinski definition) is 4. The maximum atomic E-state index is 13.7. The number of nitrogens with zero attached hydrogens (tertiary/aromatic N) is 3. The van der Waals surface area contributed by atoms with Crippen LogP contribution in [-0.4, -0.2) is 39.9 Å². The lowest BCUT2D eigenvalue weighted by Gasteiger charge is -2.09. The lowest BCUT2D eigenvalue weighted by atomic mass is 10.2. The summed E-state index contributed by atoms with van der Waals surface area (Å²) in [6.45, 7) is 0. The number of carbonyl (C=O) groups is 2. The zero-order valence-corrected chi connectivity index (χ0v) is 17.8. The molecule has 0 radical (unpaired) electrons. The van der Waals surface area contributed by atoms with Gasteiger partial charge in [0.25, 0.3) is 11.1 Å². The molecule has 1 aromatic heterocycles. The molecule has 160 valence electrons. The quantitative estimate of drug-likeness (QED) is 0.597. The van der Waals surface area contributed by atoms with Crippen molar-refractivity contribution < 1.29 is 18.4 Å². The van der Waals surface area contributed by atoms with Gasteiger partial charge in [-0.2, -0.15) is 5.10 Å². The van der Waals surface area contributed by atoms with E-state index in [1.807, 2.05) is 0 Å². The van der Waals surface area contributed by atoms with Crippen LogP contribution in [0.4, 0.5) is 19.3 Å². The molecule has 2 aromatic carbocycles. The Bertz CT molecular complexity index is 1160. The lowest BCUT2D eigenvalue weighted by molar-refractivity contribution is 0.102. The third kappa shape index (κ3) is 4.32. The Kier molecular flexibility index (Phi) is 5.77. The fourth-order valence-electron chi connectivity index (χ4n) is 3.44. The zero-order chi connectivity index (χ0) is 22.1. The van der Waals surface area contributed by atoms with Crippen LogP contribution in [0.3, 0.4) is 0 Å². The number of carbonyl (C=O) groups excluding carboxylic acids is 2. The first-order valence-electron chi connectivity index (χ1n) is 9.70. The van der Waals surface area contributed by atoms with Gasteiger partial charge in [-0.15, -0.1) is 0 Å². The van der Waals surface area contributed by atoms with E-state index in [9.17, 15) is 18.4 Å². The number of hydrogen-bond donors (Lipinski definition) is 1. The molecule has 0 unspecified atom stereocenters. The van der Waals surface area contributed by atoms with E-state index < -0.39 is 11.6 Å². The molecule has 0 fully saturated rings. The summed E-state index contributed by atoms with van der Waals surface area (Å²) >= 11 is 1.10. The topological polar surface area (TPSA) is 67.2 Å². The lowest BCUT2D eigenvalue weighted by Crippen LogP contribution is -2.16. The van der Waals surface area contributed by atoms with Gasteiger partial charge in [-0.1, -0.05) is 0 Å². The molecule has 1 heterocycles. The van der Waals surface area contributed by atoms with Gasteiger partial charge in [-0.05, 0) is 67.4 Å². The van der Waals surface area contributed by atoms with E-state index in [0.29, 0.717) is 24.2 Å². The van der Waals surface area contributed by atoms with Gasteiger partial charge in [0, 0.05) is 42.0 Å². The van der Waals surface area contributed by atoms with E-state index in [-0.39, 0.29) is 16.8 Å². The molecule has 0 saturated carbocycles. The van der Waals surface area contributed by atoms with Crippen molar-refractivity contribution in [3.63, 3.8) is 0 Å². The smallest absolute Gasteiger partial charge is 0.285 e. The average molecular weight is 442 g/mol. The average Bonchev–Trinajstić information content (AvgIpc) is 3.34. The Morgan fingerprint density at radius 2 is 1.81 bits per heavy atom. The first-order valence-corrected chi connectivity index (χ1v) is 10.5. The fraction of sp³-hybridized carbons (Fsp3) is 0.227. The minimum Gasteiger partial charge on any atom is -0.339 e. The summed E-state index contributed by atoms with van der Waals surface area (Å²) in [5.41, 5.74) is 2.89. The summed E-state index contributed by atoms with van der Waals surface area (Å²) in [5.74, 6) is -2.26. The first kappa shape index (κ1) is 21.0. The van der Waals surface area contributed by atoms with E-state index in [1.54, 1.807) is 38.4 Å². The number of anilines is 1. The Hall–Kier alpha value is -3.20. The molecule has 0 atom stereocenters. The number of aromatic nitrogens is 2. The molecule has 0 spiro atoms. The number of rotatable bonds is 4. The third-order valence-electron chi connectivity index (χ3n) is 4.98. The Morgan fingerprint density at radius 3 is 2.48 bits per heavy atom. The molecule has 1 aliphatic carbocycles. The summed E-state index contributed by atoms with van der Waals surface area (Å²) in [5, 5.41) is 7.14. The Labute approximate surface area is 182 Å². The van der Waals surface area contributed by atoms with Crippen molar-refractivity contribution in [3.8, 4) is 5.69 Å². The summed E-state index contributed by atoms with van der Waals surface area (Å²) in [6.07, 6.45) is 2.27. The van der Waals surface area contributed by atoms with Crippen LogP contribution in [-0.2, 0) is 12.8 Å². The van der Waals surface area contributed by atoms with Gasteiger partial charge in [0.15, 0.2) is 17.3 Å². The van der Waals surface area contributed by atoms with Crippen LogP contribution in [0.2, 0.25) is 0 Å². The predicted octanol–water partition coefficient (Wildman–Crippen LogP) is 4.67. The third-order valence-corrected chi connectivity index (χ3v) is 6.02. The van der Waals surface area contributed by atoms with Crippen molar-refractivity contribution in [2.45, 2.75) is 24.2 Å². The molecule has 0 bridgehead atoms. The van der Waals surface area contributed by atoms with Gasteiger partial charge in [0.2, 0.25) is 0 Å². The van der Waals surface area contributed by atoms with Crippen molar-refractivity contribution in [1.82, 2.24) is 14.7 Å². The van der Waals surface area contributed by atoms with E-state index >= 15 is 0 Å². The van der Waals surface area contributed by atoms with Crippen LogP contribution in [0.25, 0.3) is 5.69 Å². The van der Waals surface area contributed by atoms with E-state index in [4.69, 9.17) is 0 Å². The highest BCUT2D eigenvalue weighted by molar-refractivity contribution is 8.13. The minimum atomic E-state index is -0.962. The van der Waals surface area contributed by atoms with Gasteiger partial charge in [-0.25, -0.2) is 13.5 Å². The van der Waals surface area contributed by atoms with Crippen LogP contribution in [0, 0.1) is 11.6 Å². The van der Waals surface area contributed by atoms with Crippen LogP contribution >= 0.6 is 11.8 Å². The number of benzene rings is 2. The van der Waals surface area contributed by atoms with E-state index in [0.717, 1.165) is 46.5 Å². The number of nitrogens with one attached hydrogen (secondary N) is 1. The van der Waals surface area contributed by atoms with Crippen molar-refractivity contribution >= 4 is 28.6 Å². The van der Waals surface area contributed by atoms with Crippen molar-refractivity contribution in [3.05, 3.63) is 71.1 Å². The van der Waals surface area contributed by atoms with Crippen molar-refractivity contribution in [2.24, 2.45) is 0 Å². The normalized spacial score (nSPS) is 12.5. The molecule has 1 aliphatic rings. The van der Waals surface area contributed by atoms with Crippen LogP contribution in [0.15, 0.2) is 47.4 Å². The van der Waals surface area contributed by atoms with Gasteiger partial charge in [0.05, 0.1) is 5.69 Å². The maximum Gasteiger partial charge on any atom is 0.285 e.